The summed E-state index contributed by atoms with van der Waals surface area (Å²) in [6.07, 6.45) is 6.05. The zero-order valence-electron chi connectivity index (χ0n) is 17.9. The molecule has 2 amide bonds. The molecule has 0 bridgehead atoms. The number of likely N-dealkylation sites (N-methyl/N-ethyl adjacent to an activating group) is 1. The van der Waals surface area contributed by atoms with Crippen molar-refractivity contribution in [2.75, 3.05) is 69.2 Å². The normalized spacial score (nSPS) is 20.2. The zero-order chi connectivity index (χ0) is 20.9. The average Bonchev–Trinajstić information content (AvgIpc) is 3.30. The minimum atomic E-state index is -0.0176. The Kier molecular flexibility index (Phi) is 6.84. The molecule has 0 atom stereocenters. The van der Waals surface area contributed by atoms with Crippen molar-refractivity contribution in [2.24, 2.45) is 5.92 Å². The number of aromatic nitrogens is 1. The molecule has 8 heteroatoms. The SMILES string of the molecule is CCN(CCN1CCCC1)C(=O)c1cnc2c(c1)N(CC1CCOCC1)C(=O)CN2. The van der Waals surface area contributed by atoms with Crippen LogP contribution >= 0.6 is 0 Å². The molecule has 0 radical (unpaired) electrons. The third-order valence-electron chi connectivity index (χ3n) is 6.45. The maximum Gasteiger partial charge on any atom is 0.255 e. The zero-order valence-corrected chi connectivity index (χ0v) is 17.9. The quantitative estimate of drug-likeness (QED) is 0.732. The lowest BCUT2D eigenvalue weighted by atomic mass is 9.99. The van der Waals surface area contributed by atoms with Crippen LogP contribution in [0.5, 0.6) is 0 Å². The number of fused-ring (bicyclic) bond motifs is 1. The van der Waals surface area contributed by atoms with E-state index in [1.165, 1.54) is 12.8 Å². The van der Waals surface area contributed by atoms with E-state index in [0.29, 0.717) is 30.4 Å². The molecule has 4 rings (SSSR count). The van der Waals surface area contributed by atoms with E-state index in [1.807, 2.05) is 22.8 Å². The number of amides is 2. The van der Waals surface area contributed by atoms with Gasteiger partial charge in [0.15, 0.2) is 0 Å². The predicted molar refractivity (Wildman–Crippen MR) is 116 cm³/mol. The molecule has 0 unspecified atom stereocenters. The van der Waals surface area contributed by atoms with Gasteiger partial charge in [0.25, 0.3) is 5.91 Å². The molecule has 0 aliphatic carbocycles. The van der Waals surface area contributed by atoms with Crippen molar-refractivity contribution in [1.82, 2.24) is 14.8 Å². The minimum absolute atomic E-state index is 0.0176. The molecule has 2 fully saturated rings. The number of hydrogen-bond donors (Lipinski definition) is 1. The first-order valence-corrected chi connectivity index (χ1v) is 11.3. The van der Waals surface area contributed by atoms with Crippen molar-refractivity contribution in [3.8, 4) is 0 Å². The third kappa shape index (κ3) is 4.75. The van der Waals surface area contributed by atoms with E-state index in [1.54, 1.807) is 6.20 Å². The number of nitrogens with zero attached hydrogens (tertiary/aromatic N) is 4. The summed E-state index contributed by atoms with van der Waals surface area (Å²) in [6.45, 7) is 8.94. The maximum atomic E-state index is 13.2. The summed E-state index contributed by atoms with van der Waals surface area (Å²) >= 11 is 0. The van der Waals surface area contributed by atoms with Crippen LogP contribution in [-0.4, -0.2) is 85.6 Å². The van der Waals surface area contributed by atoms with Gasteiger partial charge in [-0.2, -0.15) is 0 Å². The molecule has 1 aromatic heterocycles. The van der Waals surface area contributed by atoms with Crippen LogP contribution in [0.1, 0.15) is 43.0 Å². The van der Waals surface area contributed by atoms with Gasteiger partial charge in [-0.15, -0.1) is 0 Å². The fourth-order valence-corrected chi connectivity index (χ4v) is 4.54. The van der Waals surface area contributed by atoms with E-state index >= 15 is 0 Å². The van der Waals surface area contributed by atoms with Crippen molar-refractivity contribution < 1.29 is 14.3 Å². The Bertz CT molecular complexity index is 759. The number of pyridine rings is 1. The van der Waals surface area contributed by atoms with Crippen LogP contribution in [0.3, 0.4) is 0 Å². The first-order chi connectivity index (χ1) is 14.7. The fraction of sp³-hybridized carbons (Fsp3) is 0.682. The van der Waals surface area contributed by atoms with Crippen LogP contribution < -0.4 is 10.2 Å². The Balaban J connectivity index is 1.48. The minimum Gasteiger partial charge on any atom is -0.381 e. The van der Waals surface area contributed by atoms with Crippen LogP contribution in [0.2, 0.25) is 0 Å². The number of rotatable bonds is 7. The number of ether oxygens (including phenoxy) is 1. The average molecular weight is 416 g/mol. The first kappa shape index (κ1) is 21.1. The van der Waals surface area contributed by atoms with Crippen molar-refractivity contribution in [1.29, 1.82) is 0 Å². The highest BCUT2D eigenvalue weighted by molar-refractivity contribution is 6.04. The Hall–Kier alpha value is -2.19. The number of hydrogen-bond acceptors (Lipinski definition) is 6. The largest absolute Gasteiger partial charge is 0.381 e. The molecule has 30 heavy (non-hydrogen) atoms. The molecule has 8 nitrogen and oxygen atoms in total. The summed E-state index contributed by atoms with van der Waals surface area (Å²) in [5, 5.41) is 3.09. The molecule has 4 heterocycles. The summed E-state index contributed by atoms with van der Waals surface area (Å²) < 4.78 is 5.45. The highest BCUT2D eigenvalue weighted by atomic mass is 16.5. The van der Waals surface area contributed by atoms with Gasteiger partial charge in [0.2, 0.25) is 5.91 Å². The van der Waals surface area contributed by atoms with Crippen LogP contribution in [0, 0.1) is 5.92 Å². The smallest absolute Gasteiger partial charge is 0.255 e. The highest BCUT2D eigenvalue weighted by Crippen LogP contribution is 2.31. The van der Waals surface area contributed by atoms with Gasteiger partial charge < -0.3 is 24.8 Å². The monoisotopic (exact) mass is 415 g/mol. The van der Waals surface area contributed by atoms with Crippen molar-refractivity contribution >= 4 is 23.3 Å². The molecular formula is C22H33N5O3. The van der Waals surface area contributed by atoms with E-state index in [0.717, 1.165) is 57.9 Å². The van der Waals surface area contributed by atoms with Crippen molar-refractivity contribution in [3.05, 3.63) is 17.8 Å². The molecule has 1 aromatic rings. The Morgan fingerprint density at radius 1 is 1.30 bits per heavy atom. The summed E-state index contributed by atoms with van der Waals surface area (Å²) in [5.74, 6) is 1.11. The molecule has 2 saturated heterocycles. The van der Waals surface area contributed by atoms with E-state index in [2.05, 4.69) is 15.2 Å². The van der Waals surface area contributed by atoms with Gasteiger partial charge in [-0.05, 0) is 57.7 Å². The fourth-order valence-electron chi connectivity index (χ4n) is 4.54. The number of anilines is 2. The molecule has 164 valence electrons. The third-order valence-corrected chi connectivity index (χ3v) is 6.45. The van der Waals surface area contributed by atoms with E-state index < -0.39 is 0 Å². The van der Waals surface area contributed by atoms with Crippen molar-refractivity contribution in [3.63, 3.8) is 0 Å². The van der Waals surface area contributed by atoms with Crippen LogP contribution in [0.4, 0.5) is 11.5 Å². The Labute approximate surface area is 178 Å². The van der Waals surface area contributed by atoms with Crippen LogP contribution in [0.25, 0.3) is 0 Å². The van der Waals surface area contributed by atoms with E-state index in [9.17, 15) is 9.59 Å². The van der Waals surface area contributed by atoms with E-state index in [4.69, 9.17) is 4.74 Å². The van der Waals surface area contributed by atoms with Gasteiger partial charge in [0, 0.05) is 45.6 Å². The standard InChI is InChI=1S/C22H33N5O3/c1-2-26(10-9-25-7-3-4-8-25)22(29)18-13-19-21(23-14-18)24-15-20(28)27(19)16-17-5-11-30-12-6-17/h13-14,17H,2-12,15-16H2,1H3,(H,23,24). The van der Waals surface area contributed by atoms with Gasteiger partial charge in [-0.3, -0.25) is 9.59 Å². The number of nitrogens with one attached hydrogen (secondary N) is 1. The van der Waals surface area contributed by atoms with Crippen LogP contribution in [-0.2, 0) is 9.53 Å². The number of carbonyl (C=O) groups is 2. The summed E-state index contributed by atoms with van der Waals surface area (Å²) in [6, 6.07) is 1.84. The molecule has 3 aliphatic rings. The summed E-state index contributed by atoms with van der Waals surface area (Å²) in [7, 11) is 0. The predicted octanol–water partition coefficient (Wildman–Crippen LogP) is 1.82. The van der Waals surface area contributed by atoms with Gasteiger partial charge in [0.1, 0.15) is 5.82 Å². The second kappa shape index (κ2) is 9.75. The lowest BCUT2D eigenvalue weighted by molar-refractivity contribution is -0.117. The lowest BCUT2D eigenvalue weighted by Crippen LogP contribution is -2.44. The molecule has 0 aromatic carbocycles. The maximum absolute atomic E-state index is 13.2. The van der Waals surface area contributed by atoms with Crippen molar-refractivity contribution in [2.45, 2.75) is 32.6 Å². The van der Waals surface area contributed by atoms with Gasteiger partial charge >= 0.3 is 0 Å². The summed E-state index contributed by atoms with van der Waals surface area (Å²) in [4.78, 5) is 36.4. The van der Waals surface area contributed by atoms with Gasteiger partial charge in [-0.25, -0.2) is 4.98 Å². The van der Waals surface area contributed by atoms with Crippen LogP contribution in [0.15, 0.2) is 12.3 Å². The molecular weight excluding hydrogens is 382 g/mol. The molecule has 0 saturated carbocycles. The Morgan fingerprint density at radius 2 is 2.07 bits per heavy atom. The first-order valence-electron chi connectivity index (χ1n) is 11.3. The number of likely N-dealkylation sites (tertiary alicyclic amines) is 1. The molecule has 0 spiro atoms. The van der Waals surface area contributed by atoms with E-state index in [-0.39, 0.29) is 18.4 Å². The Morgan fingerprint density at radius 3 is 2.80 bits per heavy atom. The summed E-state index contributed by atoms with van der Waals surface area (Å²) in [5.41, 5.74) is 1.27. The topological polar surface area (TPSA) is 78.0 Å². The second-order valence-electron chi connectivity index (χ2n) is 8.44. The van der Waals surface area contributed by atoms with Gasteiger partial charge in [0.05, 0.1) is 17.8 Å². The lowest BCUT2D eigenvalue weighted by Gasteiger charge is -2.34. The second-order valence-corrected chi connectivity index (χ2v) is 8.44. The van der Waals surface area contributed by atoms with Gasteiger partial charge in [-0.1, -0.05) is 0 Å². The highest BCUT2D eigenvalue weighted by Gasteiger charge is 2.29. The molecule has 1 N–H and O–H groups in total. The number of carbonyl (C=O) groups excluding carboxylic acids is 2. The molecule has 3 aliphatic heterocycles.